The van der Waals surface area contributed by atoms with Gasteiger partial charge in [0, 0.05) is 12.1 Å². The standard InChI is InChI=1S/C17H16ClN3O3S2/c1-2-21-15-8-7-11(26(19,23)24)9-14(15)20-17(21)25-10-16(22)12-5-3-4-6-13(12)18/h3-9H,2,10H2,1H3,(H2,19,23,24). The fraction of sp³-hybridized carbons (Fsp3) is 0.176. The van der Waals surface area contributed by atoms with E-state index < -0.39 is 10.0 Å². The summed E-state index contributed by atoms with van der Waals surface area (Å²) in [5.74, 6) is 0.0790. The molecule has 0 spiro atoms. The van der Waals surface area contributed by atoms with Gasteiger partial charge in [-0.2, -0.15) is 0 Å². The van der Waals surface area contributed by atoms with E-state index in [9.17, 15) is 13.2 Å². The molecule has 0 saturated carbocycles. The van der Waals surface area contributed by atoms with Crippen LogP contribution in [-0.4, -0.2) is 29.5 Å². The van der Waals surface area contributed by atoms with Gasteiger partial charge in [-0.1, -0.05) is 35.5 Å². The number of Topliss-reactive ketones (excluding diaryl/α,β-unsaturated/α-hetero) is 1. The summed E-state index contributed by atoms with van der Waals surface area (Å²) in [4.78, 5) is 16.9. The number of carbonyl (C=O) groups excluding carboxylic acids is 1. The lowest BCUT2D eigenvalue weighted by molar-refractivity contribution is 0.102. The van der Waals surface area contributed by atoms with E-state index in [1.54, 1.807) is 30.3 Å². The van der Waals surface area contributed by atoms with Gasteiger partial charge < -0.3 is 4.57 Å². The normalized spacial score (nSPS) is 11.8. The van der Waals surface area contributed by atoms with E-state index in [0.717, 1.165) is 5.52 Å². The molecule has 3 aromatic rings. The van der Waals surface area contributed by atoms with Crippen molar-refractivity contribution in [1.82, 2.24) is 9.55 Å². The number of halogens is 1. The smallest absolute Gasteiger partial charge is 0.238 e. The maximum absolute atomic E-state index is 12.4. The minimum atomic E-state index is -3.80. The number of imidazole rings is 1. The number of thioether (sulfide) groups is 1. The van der Waals surface area contributed by atoms with Gasteiger partial charge in [0.05, 0.1) is 26.7 Å². The molecule has 1 heterocycles. The molecule has 0 bridgehead atoms. The summed E-state index contributed by atoms with van der Waals surface area (Å²) in [6, 6.07) is 11.5. The van der Waals surface area contributed by atoms with Gasteiger partial charge in [0.2, 0.25) is 10.0 Å². The van der Waals surface area contributed by atoms with Gasteiger partial charge in [0.1, 0.15) is 0 Å². The van der Waals surface area contributed by atoms with Crippen LogP contribution in [0.3, 0.4) is 0 Å². The molecule has 3 rings (SSSR count). The van der Waals surface area contributed by atoms with Crippen molar-refractivity contribution in [2.24, 2.45) is 5.14 Å². The van der Waals surface area contributed by atoms with Crippen LogP contribution in [0, 0.1) is 0 Å². The number of benzene rings is 2. The number of ketones is 1. The Labute approximate surface area is 160 Å². The molecule has 0 unspecified atom stereocenters. The van der Waals surface area contributed by atoms with E-state index in [2.05, 4.69) is 4.98 Å². The monoisotopic (exact) mass is 409 g/mol. The van der Waals surface area contributed by atoms with Crippen LogP contribution in [-0.2, 0) is 16.6 Å². The average molecular weight is 410 g/mol. The Bertz CT molecular complexity index is 1090. The van der Waals surface area contributed by atoms with Crippen molar-refractivity contribution in [2.45, 2.75) is 23.5 Å². The van der Waals surface area contributed by atoms with Crippen molar-refractivity contribution in [3.05, 3.63) is 53.1 Å². The molecule has 0 aliphatic carbocycles. The second-order valence-corrected chi connectivity index (χ2v) is 8.44. The summed E-state index contributed by atoms with van der Waals surface area (Å²) in [6.07, 6.45) is 0. The second kappa shape index (κ2) is 7.40. The number of hydrogen-bond donors (Lipinski definition) is 1. The SMILES string of the molecule is CCn1c(SCC(=O)c2ccccc2Cl)nc2cc(S(N)(=O)=O)ccc21. The number of nitrogens with two attached hydrogens (primary N) is 1. The first-order valence-electron chi connectivity index (χ1n) is 7.75. The molecule has 6 nitrogen and oxygen atoms in total. The molecule has 136 valence electrons. The molecule has 2 aromatic carbocycles. The third-order valence-electron chi connectivity index (χ3n) is 3.84. The van der Waals surface area contributed by atoms with Crippen LogP contribution in [0.15, 0.2) is 52.5 Å². The zero-order valence-electron chi connectivity index (χ0n) is 13.8. The maximum Gasteiger partial charge on any atom is 0.238 e. The van der Waals surface area contributed by atoms with E-state index in [0.29, 0.717) is 27.8 Å². The molecule has 26 heavy (non-hydrogen) atoms. The average Bonchev–Trinajstić information content (AvgIpc) is 2.96. The Morgan fingerprint density at radius 3 is 2.65 bits per heavy atom. The lowest BCUT2D eigenvalue weighted by Crippen LogP contribution is -2.11. The molecule has 1 aromatic heterocycles. The summed E-state index contributed by atoms with van der Waals surface area (Å²) in [5, 5.41) is 6.23. The van der Waals surface area contributed by atoms with E-state index in [-0.39, 0.29) is 16.4 Å². The Hall–Kier alpha value is -1.87. The van der Waals surface area contributed by atoms with Gasteiger partial charge in [-0.3, -0.25) is 4.79 Å². The number of carbonyl (C=O) groups is 1. The summed E-state index contributed by atoms with van der Waals surface area (Å²) in [6.45, 7) is 2.59. The third-order valence-corrected chi connectivity index (χ3v) is 6.05. The molecule has 0 fully saturated rings. The van der Waals surface area contributed by atoms with Crippen LogP contribution in [0.25, 0.3) is 11.0 Å². The Morgan fingerprint density at radius 2 is 2.00 bits per heavy atom. The van der Waals surface area contributed by atoms with E-state index in [4.69, 9.17) is 16.7 Å². The zero-order chi connectivity index (χ0) is 18.9. The van der Waals surface area contributed by atoms with Gasteiger partial charge in [-0.15, -0.1) is 0 Å². The zero-order valence-corrected chi connectivity index (χ0v) is 16.2. The topological polar surface area (TPSA) is 95.0 Å². The molecule has 0 radical (unpaired) electrons. The number of aryl methyl sites for hydroxylation is 1. The predicted molar refractivity (Wildman–Crippen MR) is 103 cm³/mol. The van der Waals surface area contributed by atoms with Crippen LogP contribution in [0.5, 0.6) is 0 Å². The van der Waals surface area contributed by atoms with Gasteiger partial charge in [-0.05, 0) is 37.3 Å². The van der Waals surface area contributed by atoms with E-state index >= 15 is 0 Å². The highest BCUT2D eigenvalue weighted by Crippen LogP contribution is 2.27. The minimum Gasteiger partial charge on any atom is -0.319 e. The van der Waals surface area contributed by atoms with Gasteiger partial charge in [0.25, 0.3) is 0 Å². The number of nitrogens with zero attached hydrogens (tertiary/aromatic N) is 2. The molecular formula is C17H16ClN3O3S2. The highest BCUT2D eigenvalue weighted by molar-refractivity contribution is 7.99. The number of sulfonamides is 1. The maximum atomic E-state index is 12.4. The highest BCUT2D eigenvalue weighted by atomic mass is 35.5. The van der Waals surface area contributed by atoms with E-state index in [1.807, 2.05) is 11.5 Å². The number of primary sulfonamides is 1. The molecule has 0 atom stereocenters. The third kappa shape index (κ3) is 3.78. The minimum absolute atomic E-state index is 0.00875. The lowest BCUT2D eigenvalue weighted by atomic mass is 10.1. The molecule has 9 heteroatoms. The van der Waals surface area contributed by atoms with Crippen molar-refractivity contribution in [1.29, 1.82) is 0 Å². The van der Waals surface area contributed by atoms with Gasteiger partial charge in [0.15, 0.2) is 10.9 Å². The van der Waals surface area contributed by atoms with Crippen LogP contribution in [0.1, 0.15) is 17.3 Å². The second-order valence-electron chi connectivity index (χ2n) is 5.53. The van der Waals surface area contributed by atoms with Gasteiger partial charge in [-0.25, -0.2) is 18.5 Å². The Kier molecular flexibility index (Phi) is 5.38. The fourth-order valence-electron chi connectivity index (χ4n) is 2.58. The summed E-state index contributed by atoms with van der Waals surface area (Å²) < 4.78 is 25.0. The van der Waals surface area contributed by atoms with Crippen LogP contribution in [0.2, 0.25) is 5.02 Å². The molecular weight excluding hydrogens is 394 g/mol. The first kappa shape index (κ1) is 18.9. The predicted octanol–water partition coefficient (Wildman–Crippen LogP) is 3.33. The number of aromatic nitrogens is 2. The molecule has 0 aliphatic rings. The van der Waals surface area contributed by atoms with Crippen LogP contribution < -0.4 is 5.14 Å². The lowest BCUT2D eigenvalue weighted by Gasteiger charge is -2.06. The van der Waals surface area contributed by atoms with Gasteiger partial charge >= 0.3 is 0 Å². The first-order chi connectivity index (χ1) is 12.3. The molecule has 0 amide bonds. The number of rotatable bonds is 6. The summed E-state index contributed by atoms with van der Waals surface area (Å²) in [7, 11) is -3.80. The Morgan fingerprint density at radius 1 is 1.27 bits per heavy atom. The number of fused-ring (bicyclic) bond motifs is 1. The van der Waals surface area contributed by atoms with Crippen molar-refractivity contribution in [2.75, 3.05) is 5.75 Å². The number of hydrogen-bond acceptors (Lipinski definition) is 5. The highest BCUT2D eigenvalue weighted by Gasteiger charge is 2.16. The molecule has 2 N–H and O–H groups in total. The van der Waals surface area contributed by atoms with Crippen molar-refractivity contribution in [3.8, 4) is 0 Å². The molecule has 0 aliphatic heterocycles. The van der Waals surface area contributed by atoms with Crippen molar-refractivity contribution >= 4 is 50.2 Å². The largest absolute Gasteiger partial charge is 0.319 e. The van der Waals surface area contributed by atoms with Crippen LogP contribution in [0.4, 0.5) is 0 Å². The van der Waals surface area contributed by atoms with Crippen molar-refractivity contribution < 1.29 is 13.2 Å². The first-order valence-corrected chi connectivity index (χ1v) is 10.7. The van der Waals surface area contributed by atoms with E-state index in [1.165, 1.54) is 23.9 Å². The van der Waals surface area contributed by atoms with Crippen LogP contribution >= 0.6 is 23.4 Å². The summed E-state index contributed by atoms with van der Waals surface area (Å²) in [5.41, 5.74) is 1.77. The quantitative estimate of drug-likeness (QED) is 0.497. The molecule has 0 saturated heterocycles. The fourth-order valence-corrected chi connectivity index (χ4v) is 4.31. The Balaban J connectivity index is 1.90. The van der Waals surface area contributed by atoms with Crippen molar-refractivity contribution in [3.63, 3.8) is 0 Å². The summed E-state index contributed by atoms with van der Waals surface area (Å²) >= 11 is 7.35.